The van der Waals surface area contributed by atoms with Crippen molar-refractivity contribution in [3.05, 3.63) is 58.2 Å². The summed E-state index contributed by atoms with van der Waals surface area (Å²) < 4.78 is 13.2. The molecule has 9 nitrogen and oxygen atoms in total. The van der Waals surface area contributed by atoms with Gasteiger partial charge in [-0.05, 0) is 75.4 Å². The van der Waals surface area contributed by atoms with Crippen LogP contribution in [-0.2, 0) is 16.0 Å². The first-order chi connectivity index (χ1) is 17.6. The van der Waals surface area contributed by atoms with Crippen LogP contribution in [0.1, 0.15) is 73.8 Å². The average molecular weight is 527 g/mol. The van der Waals surface area contributed by atoms with Crippen molar-refractivity contribution in [2.45, 2.75) is 64.4 Å². The summed E-state index contributed by atoms with van der Waals surface area (Å²) in [6.07, 6.45) is 3.94. The first-order valence-electron chi connectivity index (χ1n) is 12.5. The van der Waals surface area contributed by atoms with E-state index >= 15 is 0 Å². The predicted octanol–water partition coefficient (Wildman–Crippen LogP) is 5.43. The molecule has 2 amide bonds. The zero-order chi connectivity index (χ0) is 26.3. The molecular formula is C27H31ClN4O5. The molecule has 5 rings (SSSR count). The monoisotopic (exact) mass is 526 g/mol. The summed E-state index contributed by atoms with van der Waals surface area (Å²) in [4.78, 5) is 27.6. The molecule has 1 aromatic heterocycles. The number of halogens is 1. The van der Waals surface area contributed by atoms with Gasteiger partial charge in [-0.3, -0.25) is 9.69 Å². The minimum atomic E-state index is -0.649. The van der Waals surface area contributed by atoms with Crippen LogP contribution in [0.5, 0.6) is 0 Å². The lowest BCUT2D eigenvalue weighted by Gasteiger charge is -2.28. The van der Waals surface area contributed by atoms with Crippen LogP contribution in [0, 0.1) is 0 Å². The molecule has 2 aromatic carbocycles. The van der Waals surface area contributed by atoms with Crippen LogP contribution in [0.2, 0.25) is 5.02 Å². The quantitative estimate of drug-likeness (QED) is 0.470. The van der Waals surface area contributed by atoms with Gasteiger partial charge >= 0.3 is 6.09 Å². The summed E-state index contributed by atoms with van der Waals surface area (Å²) in [7, 11) is 0. The van der Waals surface area contributed by atoms with Gasteiger partial charge in [0, 0.05) is 22.7 Å². The second kappa shape index (κ2) is 9.96. The first-order valence-corrected chi connectivity index (χ1v) is 12.9. The van der Waals surface area contributed by atoms with Crippen molar-refractivity contribution < 1.29 is 24.2 Å². The molecule has 2 aliphatic heterocycles. The van der Waals surface area contributed by atoms with Crippen molar-refractivity contribution in [3.63, 3.8) is 0 Å². The van der Waals surface area contributed by atoms with E-state index < -0.39 is 17.7 Å². The van der Waals surface area contributed by atoms with Gasteiger partial charge in [0.1, 0.15) is 5.60 Å². The van der Waals surface area contributed by atoms with E-state index in [0.717, 1.165) is 35.9 Å². The van der Waals surface area contributed by atoms with Gasteiger partial charge in [0.25, 0.3) is 5.91 Å². The third-order valence-electron chi connectivity index (χ3n) is 6.63. The van der Waals surface area contributed by atoms with Gasteiger partial charge in [-0.15, -0.1) is 0 Å². The number of rotatable bonds is 4. The van der Waals surface area contributed by atoms with E-state index in [1.807, 2.05) is 12.1 Å². The molecule has 0 bridgehead atoms. The number of fused-ring (bicyclic) bond motifs is 2. The fourth-order valence-corrected chi connectivity index (χ4v) is 5.17. The number of nitrogens with one attached hydrogen (secondary N) is 1. The van der Waals surface area contributed by atoms with Crippen molar-refractivity contribution in [2.75, 3.05) is 18.5 Å². The van der Waals surface area contributed by atoms with Gasteiger partial charge < -0.3 is 19.9 Å². The van der Waals surface area contributed by atoms with Crippen molar-refractivity contribution in [2.24, 2.45) is 0 Å². The Kier molecular flexibility index (Phi) is 6.87. The summed E-state index contributed by atoms with van der Waals surface area (Å²) in [5.41, 5.74) is 2.74. The molecule has 2 N–H and O–H groups in total. The number of aromatic nitrogens is 2. The van der Waals surface area contributed by atoms with Crippen molar-refractivity contribution >= 4 is 40.2 Å². The number of benzene rings is 2. The summed E-state index contributed by atoms with van der Waals surface area (Å²) in [6, 6.07) is 8.33. The molecule has 0 radical (unpaired) electrons. The maximum atomic E-state index is 13.4. The molecule has 3 aromatic rings. The van der Waals surface area contributed by atoms with Gasteiger partial charge in [-0.2, -0.15) is 5.10 Å². The minimum absolute atomic E-state index is 0.176. The highest BCUT2D eigenvalue weighted by Gasteiger charge is 2.36. The second-order valence-electron chi connectivity index (χ2n) is 10.5. The van der Waals surface area contributed by atoms with E-state index in [0.29, 0.717) is 28.3 Å². The highest BCUT2D eigenvalue weighted by molar-refractivity contribution is 6.32. The SMILES string of the molecule is CC(C)(C)OC(=O)N1Cc2cc(NC(=O)c3cc(Cl)cc4c3cnn4[C@@H]3CCCCO3)ccc2[C@H]1CO. The van der Waals surface area contributed by atoms with Gasteiger partial charge in [0.05, 0.1) is 36.5 Å². The summed E-state index contributed by atoms with van der Waals surface area (Å²) in [5.74, 6) is -0.322. The zero-order valence-electron chi connectivity index (χ0n) is 21.2. The smallest absolute Gasteiger partial charge is 0.411 e. The van der Waals surface area contributed by atoms with Gasteiger partial charge in [0.15, 0.2) is 6.23 Å². The maximum Gasteiger partial charge on any atom is 0.411 e. The van der Waals surface area contributed by atoms with Crippen LogP contribution in [0.15, 0.2) is 36.5 Å². The molecule has 1 saturated heterocycles. The number of ether oxygens (including phenoxy) is 2. The Hall–Kier alpha value is -3.14. The van der Waals surface area contributed by atoms with Crippen LogP contribution >= 0.6 is 11.6 Å². The molecule has 37 heavy (non-hydrogen) atoms. The molecule has 0 aliphatic carbocycles. The Morgan fingerprint density at radius 2 is 2.05 bits per heavy atom. The van der Waals surface area contributed by atoms with Crippen LogP contribution < -0.4 is 5.32 Å². The number of nitrogens with zero attached hydrogens (tertiary/aromatic N) is 3. The Morgan fingerprint density at radius 1 is 1.24 bits per heavy atom. The molecule has 1 fully saturated rings. The Bertz CT molecular complexity index is 1340. The topological polar surface area (TPSA) is 106 Å². The summed E-state index contributed by atoms with van der Waals surface area (Å²) >= 11 is 6.40. The Labute approximate surface area is 220 Å². The number of hydrogen-bond acceptors (Lipinski definition) is 6. The van der Waals surface area contributed by atoms with E-state index in [-0.39, 0.29) is 25.3 Å². The van der Waals surface area contributed by atoms with Crippen molar-refractivity contribution in [1.82, 2.24) is 14.7 Å². The van der Waals surface area contributed by atoms with E-state index in [1.165, 1.54) is 4.90 Å². The first kappa shape index (κ1) is 25.5. The van der Waals surface area contributed by atoms with Crippen LogP contribution in [0.3, 0.4) is 0 Å². The lowest BCUT2D eigenvalue weighted by molar-refractivity contribution is -0.0366. The number of aliphatic hydroxyl groups is 1. The lowest BCUT2D eigenvalue weighted by Crippen LogP contribution is -2.36. The van der Waals surface area contributed by atoms with E-state index in [1.54, 1.807) is 49.8 Å². The molecule has 3 heterocycles. The van der Waals surface area contributed by atoms with E-state index in [2.05, 4.69) is 10.4 Å². The highest BCUT2D eigenvalue weighted by Crippen LogP contribution is 2.36. The molecule has 0 unspecified atom stereocenters. The standard InChI is InChI=1S/C27H31ClN4O5/c1-27(2,3)37-26(35)31-14-16-10-18(7-8-19(16)23(31)15-33)30-25(34)20-11-17(28)12-22-21(20)13-29-32(22)24-6-4-5-9-36-24/h7-8,10-13,23-24,33H,4-6,9,14-15H2,1-3H3,(H,30,34)/t23-,24+/m1/s1. The molecule has 10 heteroatoms. The van der Waals surface area contributed by atoms with Gasteiger partial charge in [-0.25, -0.2) is 9.48 Å². The number of hydrogen-bond donors (Lipinski definition) is 2. The third kappa shape index (κ3) is 5.16. The van der Waals surface area contributed by atoms with Crippen LogP contribution in [0.4, 0.5) is 10.5 Å². The summed E-state index contributed by atoms with van der Waals surface area (Å²) in [5, 5.41) is 18.5. The van der Waals surface area contributed by atoms with Crippen LogP contribution in [-0.4, -0.2) is 50.6 Å². The maximum absolute atomic E-state index is 13.4. The summed E-state index contributed by atoms with van der Waals surface area (Å²) in [6.45, 7) is 6.12. The molecular weight excluding hydrogens is 496 g/mol. The molecule has 2 atom stereocenters. The predicted molar refractivity (Wildman–Crippen MR) is 140 cm³/mol. The fourth-order valence-electron chi connectivity index (χ4n) is 4.96. The number of anilines is 1. The third-order valence-corrected chi connectivity index (χ3v) is 6.85. The Morgan fingerprint density at radius 3 is 2.76 bits per heavy atom. The van der Waals surface area contributed by atoms with E-state index in [4.69, 9.17) is 21.1 Å². The zero-order valence-corrected chi connectivity index (χ0v) is 21.9. The van der Waals surface area contributed by atoms with Gasteiger partial charge in [0.2, 0.25) is 0 Å². The van der Waals surface area contributed by atoms with Crippen LogP contribution in [0.25, 0.3) is 10.9 Å². The molecule has 2 aliphatic rings. The van der Waals surface area contributed by atoms with E-state index in [9.17, 15) is 14.7 Å². The second-order valence-corrected chi connectivity index (χ2v) is 10.9. The lowest BCUT2D eigenvalue weighted by atomic mass is 10.0. The van der Waals surface area contributed by atoms with Gasteiger partial charge in [-0.1, -0.05) is 17.7 Å². The van der Waals surface area contributed by atoms with Crippen molar-refractivity contribution in [1.29, 1.82) is 0 Å². The molecule has 0 saturated carbocycles. The average Bonchev–Trinajstić information content (AvgIpc) is 3.44. The Balaban J connectivity index is 1.38. The number of aliphatic hydroxyl groups excluding tert-OH is 1. The highest BCUT2D eigenvalue weighted by atomic mass is 35.5. The molecule has 0 spiro atoms. The largest absolute Gasteiger partial charge is 0.444 e. The molecule has 196 valence electrons. The fraction of sp³-hybridized carbons (Fsp3) is 0.444. The van der Waals surface area contributed by atoms with Crippen molar-refractivity contribution in [3.8, 4) is 0 Å². The normalized spacial score (nSPS) is 19.6. The number of carbonyl (C=O) groups is 2. The number of amides is 2. The number of carbonyl (C=O) groups excluding carboxylic acids is 2. The minimum Gasteiger partial charge on any atom is -0.444 e.